The van der Waals surface area contributed by atoms with Crippen LogP contribution in [-0.4, -0.2) is 57.7 Å². The molecule has 6 nitrogen and oxygen atoms in total. The lowest BCUT2D eigenvalue weighted by Crippen LogP contribution is -2.38. The molecule has 1 aliphatic heterocycles. The Bertz CT molecular complexity index is 1290. The summed E-state index contributed by atoms with van der Waals surface area (Å²) >= 11 is 6.02. The third-order valence-corrected chi connectivity index (χ3v) is 8.28. The van der Waals surface area contributed by atoms with E-state index in [2.05, 4.69) is 15.2 Å². The summed E-state index contributed by atoms with van der Waals surface area (Å²) in [4.78, 5) is 19.5. The number of nitrogens with one attached hydrogen (secondary N) is 1. The van der Waals surface area contributed by atoms with E-state index in [-0.39, 0.29) is 23.5 Å². The smallest absolute Gasteiger partial charge is 0.170 e. The van der Waals surface area contributed by atoms with Gasteiger partial charge in [-0.2, -0.15) is 0 Å². The molecule has 2 aromatic carbocycles. The summed E-state index contributed by atoms with van der Waals surface area (Å²) in [6.45, 7) is 3.90. The van der Waals surface area contributed by atoms with Gasteiger partial charge in [0.15, 0.2) is 17.3 Å². The summed E-state index contributed by atoms with van der Waals surface area (Å²) in [5, 5.41) is 23.8. The molecule has 8 heteroatoms. The predicted molar refractivity (Wildman–Crippen MR) is 145 cm³/mol. The average Bonchev–Trinajstić information content (AvgIpc) is 3.34. The lowest BCUT2D eigenvalue weighted by molar-refractivity contribution is 0.101. The van der Waals surface area contributed by atoms with Crippen molar-refractivity contribution in [3.63, 3.8) is 0 Å². The highest BCUT2D eigenvalue weighted by atomic mass is 35.5. The molecule has 0 spiro atoms. The van der Waals surface area contributed by atoms with Crippen molar-refractivity contribution in [1.82, 2.24) is 9.88 Å². The predicted octanol–water partition coefficient (Wildman–Crippen LogP) is 6.03. The number of rotatable bonds is 7. The number of aliphatic hydroxyl groups is 1. The lowest BCUT2D eigenvalue weighted by atomic mass is 9.85. The normalized spacial score (nSPS) is 22.4. The van der Waals surface area contributed by atoms with Crippen LogP contribution in [0.2, 0.25) is 5.02 Å². The Morgan fingerprint density at radius 3 is 2.65 bits per heavy atom. The fourth-order valence-electron chi connectivity index (χ4n) is 5.89. The molecule has 1 saturated heterocycles. The van der Waals surface area contributed by atoms with Crippen LogP contribution in [0.15, 0.2) is 36.5 Å². The fraction of sp³-hybridized carbons (Fsp3) is 0.448. The topological polar surface area (TPSA) is 85.7 Å². The molecule has 1 aromatic heterocycles. The quantitative estimate of drug-likeness (QED) is 0.326. The Morgan fingerprint density at radius 1 is 1.16 bits per heavy atom. The first-order chi connectivity index (χ1) is 17.8. The maximum atomic E-state index is 14.2. The number of nitrogens with zero attached hydrogens (tertiary/aromatic N) is 2. The molecule has 1 atom stereocenters. The third kappa shape index (κ3) is 5.44. The highest BCUT2D eigenvalue weighted by Crippen LogP contribution is 2.37. The summed E-state index contributed by atoms with van der Waals surface area (Å²) < 4.78 is 14.2. The molecule has 3 aromatic rings. The minimum atomic E-state index is -0.785. The molecule has 196 valence electrons. The molecule has 0 unspecified atom stereocenters. The Hall–Kier alpha value is -2.74. The molecule has 0 bridgehead atoms. The van der Waals surface area contributed by atoms with E-state index >= 15 is 0 Å². The summed E-state index contributed by atoms with van der Waals surface area (Å²) in [6.07, 6.45) is 8.07. The van der Waals surface area contributed by atoms with Crippen molar-refractivity contribution in [2.24, 2.45) is 5.92 Å². The van der Waals surface area contributed by atoms with Gasteiger partial charge in [0.25, 0.3) is 0 Å². The van der Waals surface area contributed by atoms with Crippen LogP contribution in [0.25, 0.3) is 22.0 Å². The van der Waals surface area contributed by atoms with E-state index in [1.807, 2.05) is 18.2 Å². The zero-order chi connectivity index (χ0) is 26.1. The first-order valence-electron chi connectivity index (χ1n) is 13.1. The highest BCUT2D eigenvalue weighted by molar-refractivity contribution is 6.32. The Labute approximate surface area is 221 Å². The molecule has 37 heavy (non-hydrogen) atoms. The first kappa shape index (κ1) is 25.9. The molecule has 3 N–H and O–H groups in total. The number of likely N-dealkylation sites (tertiary alicyclic amines) is 1. The molecule has 2 aliphatic rings. The summed E-state index contributed by atoms with van der Waals surface area (Å²) in [6, 6.07) is 8.90. The van der Waals surface area contributed by atoms with Crippen molar-refractivity contribution in [3.05, 3.63) is 52.9 Å². The maximum absolute atomic E-state index is 14.2. The molecule has 2 fully saturated rings. The van der Waals surface area contributed by atoms with Crippen molar-refractivity contribution < 1.29 is 19.4 Å². The van der Waals surface area contributed by atoms with Gasteiger partial charge in [0.1, 0.15) is 0 Å². The number of aromatic hydroxyl groups is 1. The number of carbonyl (C=O) groups excluding carboxylic acids is 1. The summed E-state index contributed by atoms with van der Waals surface area (Å²) in [5.41, 5.74) is 3.27. The van der Waals surface area contributed by atoms with Gasteiger partial charge in [0.2, 0.25) is 0 Å². The van der Waals surface area contributed by atoms with Crippen LogP contribution in [0.1, 0.15) is 55.8 Å². The third-order valence-electron chi connectivity index (χ3n) is 8.00. The van der Waals surface area contributed by atoms with Crippen molar-refractivity contribution in [3.8, 4) is 16.9 Å². The van der Waals surface area contributed by atoms with Gasteiger partial charge in [-0.25, -0.2) is 4.39 Å². The van der Waals surface area contributed by atoms with Gasteiger partial charge in [-0.15, -0.1) is 0 Å². The van der Waals surface area contributed by atoms with Crippen LogP contribution < -0.4 is 5.32 Å². The van der Waals surface area contributed by atoms with Gasteiger partial charge in [0, 0.05) is 30.2 Å². The molecule has 1 saturated carbocycles. The number of aromatic nitrogens is 1. The SMILES string of the molecule is CC(=O)c1cnc2ccc(-c3cc(F)c(O)c(Cl)c3)cc2c1NC1CCC(CN2CCC[C@@H]2CO)CC1. The zero-order valence-electron chi connectivity index (χ0n) is 21.0. The van der Waals surface area contributed by atoms with E-state index in [0.717, 1.165) is 68.2 Å². The molecule has 2 heterocycles. The van der Waals surface area contributed by atoms with Gasteiger partial charge in [-0.1, -0.05) is 17.7 Å². The van der Waals surface area contributed by atoms with Gasteiger partial charge in [-0.3, -0.25) is 14.7 Å². The standard InChI is InChI=1S/C29H33ClFN3O3/c1-17(36)24-14-32-27-9-6-19(20-12-25(30)29(37)26(31)13-20)11-23(27)28(24)33-21-7-4-18(5-8-21)15-34-10-2-3-22(34)16-35/h6,9,11-14,18,21-22,35,37H,2-5,7-8,10,15-16H2,1H3,(H,32,33)/t18?,21?,22-/m1/s1. The summed E-state index contributed by atoms with van der Waals surface area (Å²) in [5.74, 6) is -0.805. The van der Waals surface area contributed by atoms with Crippen LogP contribution in [-0.2, 0) is 0 Å². The number of anilines is 1. The van der Waals surface area contributed by atoms with Gasteiger partial charge >= 0.3 is 0 Å². The molecular formula is C29H33ClFN3O3. The molecule has 0 radical (unpaired) electrons. The van der Waals surface area contributed by atoms with Crippen molar-refractivity contribution >= 4 is 34.0 Å². The van der Waals surface area contributed by atoms with E-state index in [4.69, 9.17) is 11.6 Å². The van der Waals surface area contributed by atoms with Crippen LogP contribution in [0.3, 0.4) is 0 Å². The maximum Gasteiger partial charge on any atom is 0.170 e. The van der Waals surface area contributed by atoms with Gasteiger partial charge in [-0.05, 0) is 93.3 Å². The number of Topliss-reactive ketones (excluding diaryl/α,β-unsaturated/α-hetero) is 1. The Balaban J connectivity index is 1.39. The van der Waals surface area contributed by atoms with E-state index in [1.165, 1.54) is 19.1 Å². The zero-order valence-corrected chi connectivity index (χ0v) is 21.8. The average molecular weight is 526 g/mol. The molecule has 5 rings (SSSR count). The minimum absolute atomic E-state index is 0.0555. The second-order valence-corrected chi connectivity index (χ2v) is 10.9. The number of pyridine rings is 1. The van der Waals surface area contributed by atoms with Gasteiger partial charge < -0.3 is 15.5 Å². The largest absolute Gasteiger partial charge is 0.504 e. The number of fused-ring (bicyclic) bond motifs is 1. The van der Waals surface area contributed by atoms with E-state index in [9.17, 15) is 19.4 Å². The van der Waals surface area contributed by atoms with Gasteiger partial charge in [0.05, 0.1) is 28.4 Å². The fourth-order valence-corrected chi connectivity index (χ4v) is 6.10. The van der Waals surface area contributed by atoms with Crippen molar-refractivity contribution in [2.45, 2.75) is 57.5 Å². The number of ketones is 1. The molecule has 0 amide bonds. The first-order valence-corrected chi connectivity index (χ1v) is 13.5. The Kier molecular flexibility index (Phi) is 7.65. The number of hydrogen-bond donors (Lipinski definition) is 3. The molecule has 1 aliphatic carbocycles. The minimum Gasteiger partial charge on any atom is -0.504 e. The van der Waals surface area contributed by atoms with Crippen LogP contribution in [0.5, 0.6) is 5.75 Å². The van der Waals surface area contributed by atoms with E-state index in [1.54, 1.807) is 6.20 Å². The summed E-state index contributed by atoms with van der Waals surface area (Å²) in [7, 11) is 0. The van der Waals surface area contributed by atoms with Crippen LogP contribution >= 0.6 is 11.6 Å². The van der Waals surface area contributed by atoms with Crippen molar-refractivity contribution in [1.29, 1.82) is 0 Å². The van der Waals surface area contributed by atoms with Crippen LogP contribution in [0.4, 0.5) is 10.1 Å². The van der Waals surface area contributed by atoms with Crippen molar-refractivity contribution in [2.75, 3.05) is 25.0 Å². The van der Waals surface area contributed by atoms with E-state index in [0.29, 0.717) is 28.7 Å². The van der Waals surface area contributed by atoms with E-state index < -0.39 is 11.6 Å². The number of benzene rings is 2. The number of phenolic OH excluding ortho intramolecular Hbond substituents is 1. The second kappa shape index (κ2) is 10.9. The number of aliphatic hydroxyl groups excluding tert-OH is 1. The molecular weight excluding hydrogens is 493 g/mol. The van der Waals surface area contributed by atoms with Crippen LogP contribution in [0, 0.1) is 11.7 Å². The monoisotopic (exact) mass is 525 g/mol. The second-order valence-electron chi connectivity index (χ2n) is 10.5. The highest BCUT2D eigenvalue weighted by Gasteiger charge is 2.29. The number of phenols is 1. The number of halogens is 2. The Morgan fingerprint density at radius 2 is 1.95 bits per heavy atom. The lowest BCUT2D eigenvalue weighted by Gasteiger charge is -2.34. The number of hydrogen-bond acceptors (Lipinski definition) is 6. The number of carbonyl (C=O) groups is 1.